The van der Waals surface area contributed by atoms with E-state index in [-0.39, 0.29) is 0 Å². The highest BCUT2D eigenvalue weighted by molar-refractivity contribution is 7.21. The quantitative estimate of drug-likeness (QED) is 0.168. The number of benzene rings is 6. The molecule has 45 heavy (non-hydrogen) atoms. The zero-order valence-electron chi connectivity index (χ0n) is 25.8. The summed E-state index contributed by atoms with van der Waals surface area (Å²) < 4.78 is 1.20. The molecule has 0 saturated carbocycles. The Kier molecular flexibility index (Phi) is 7.94. The predicted molar refractivity (Wildman–Crippen MR) is 196 cm³/mol. The molecule has 1 heterocycles. The average molecular weight is 599 g/mol. The summed E-state index contributed by atoms with van der Waals surface area (Å²) in [7, 11) is 0. The first-order valence-corrected chi connectivity index (χ1v) is 16.3. The monoisotopic (exact) mass is 598 g/mol. The van der Waals surface area contributed by atoms with Crippen LogP contribution in [0.1, 0.15) is 31.4 Å². The van der Waals surface area contributed by atoms with Crippen LogP contribution in [0.2, 0.25) is 0 Å². The Hall–Kier alpha value is -5.12. The third-order valence-corrected chi connectivity index (χ3v) is 9.38. The fourth-order valence-electron chi connectivity index (χ4n) is 6.09. The number of nitrogens with zero attached hydrogens (tertiary/aromatic N) is 2. The van der Waals surface area contributed by atoms with Crippen molar-refractivity contribution in [1.29, 1.82) is 0 Å². The molecule has 0 aliphatic carbocycles. The third kappa shape index (κ3) is 5.75. The van der Waals surface area contributed by atoms with Crippen LogP contribution < -0.4 is 0 Å². The van der Waals surface area contributed by atoms with Gasteiger partial charge in [0.15, 0.2) is 0 Å². The second kappa shape index (κ2) is 12.5. The molecule has 6 aromatic carbocycles. The minimum absolute atomic E-state index is 0.951. The maximum Gasteiger partial charge on any atom is 0.124 e. The summed E-state index contributed by atoms with van der Waals surface area (Å²) in [5.74, 6) is 0. The molecule has 218 valence electrons. The zero-order valence-corrected chi connectivity index (χ0v) is 26.6. The molecule has 0 unspecified atom stereocenters. The maximum atomic E-state index is 5.02. The second-order valence-electron chi connectivity index (χ2n) is 11.3. The molecular weight excluding hydrogens is 565 g/mol. The van der Waals surface area contributed by atoms with Crippen LogP contribution in [0.3, 0.4) is 0 Å². The summed E-state index contributed by atoms with van der Waals surface area (Å²) in [6.07, 6.45) is 4.99. The molecule has 1 aromatic heterocycles. The number of rotatable bonds is 7. The number of hydrogen-bond acceptors (Lipinski definition) is 3. The topological polar surface area (TPSA) is 25.2 Å². The van der Waals surface area contributed by atoms with Gasteiger partial charge in [-0.25, -0.2) is 4.98 Å². The van der Waals surface area contributed by atoms with E-state index in [2.05, 4.69) is 152 Å². The van der Waals surface area contributed by atoms with Gasteiger partial charge in [-0.1, -0.05) is 116 Å². The van der Waals surface area contributed by atoms with Crippen LogP contribution in [0, 0.1) is 6.92 Å². The van der Waals surface area contributed by atoms with Gasteiger partial charge in [-0.3, -0.25) is 4.99 Å². The molecule has 0 atom stereocenters. The average Bonchev–Trinajstić information content (AvgIpc) is 3.52. The molecule has 0 bridgehead atoms. The summed E-state index contributed by atoms with van der Waals surface area (Å²) in [4.78, 5) is 9.61. The Labute approximate surface area is 269 Å². The summed E-state index contributed by atoms with van der Waals surface area (Å²) in [6.45, 7) is 6.29. The van der Waals surface area contributed by atoms with E-state index in [1.165, 1.54) is 54.4 Å². The van der Waals surface area contributed by atoms with Crippen molar-refractivity contribution < 1.29 is 0 Å². The Bertz CT molecular complexity index is 2210. The van der Waals surface area contributed by atoms with Crippen molar-refractivity contribution in [3.63, 3.8) is 0 Å². The molecule has 3 heteroatoms. The van der Waals surface area contributed by atoms with E-state index >= 15 is 0 Å². The van der Waals surface area contributed by atoms with E-state index in [9.17, 15) is 0 Å². The van der Waals surface area contributed by atoms with Crippen LogP contribution in [0.15, 0.2) is 138 Å². The van der Waals surface area contributed by atoms with Crippen LogP contribution in [-0.2, 0) is 0 Å². The highest BCUT2D eigenvalue weighted by Crippen LogP contribution is 2.37. The molecule has 0 saturated heterocycles. The molecular formula is C42H34N2S. The standard InChI is InChI=1S/C42H34N2S/c1-4-10-39(43-5-2)34-14-8-13-33(26-34)36-23-21-35(25-28(36)3)42-44-40-24-22-32(27-41(40)45-42)29-17-19-31(20-18-29)38-16-9-12-30-11-6-7-15-37(30)38/h5-27H,4H2,1-3H3/b39-10-,43-5?. The fraction of sp³-hybridized carbons (Fsp3) is 0.0952. The van der Waals surface area contributed by atoms with Crippen molar-refractivity contribution in [2.75, 3.05) is 0 Å². The van der Waals surface area contributed by atoms with E-state index in [4.69, 9.17) is 4.98 Å². The molecule has 7 rings (SSSR count). The Balaban J connectivity index is 1.16. The SMILES string of the molecule is CC=N/C(=C\CC)c1cccc(-c2ccc(-c3nc4ccc(-c5ccc(-c6cccc7ccccc67)cc5)cc4s3)cc2C)c1. The molecule has 0 fully saturated rings. The van der Waals surface area contributed by atoms with Crippen molar-refractivity contribution in [2.24, 2.45) is 4.99 Å². The highest BCUT2D eigenvalue weighted by atomic mass is 32.1. The maximum absolute atomic E-state index is 5.02. The normalized spacial score (nSPS) is 12.0. The Morgan fingerprint density at radius 2 is 1.44 bits per heavy atom. The van der Waals surface area contributed by atoms with Crippen LogP contribution in [0.5, 0.6) is 0 Å². The Morgan fingerprint density at radius 1 is 0.689 bits per heavy atom. The van der Waals surface area contributed by atoms with Gasteiger partial charge in [-0.15, -0.1) is 11.3 Å². The van der Waals surface area contributed by atoms with Gasteiger partial charge in [0.25, 0.3) is 0 Å². The first-order valence-electron chi connectivity index (χ1n) is 15.5. The molecule has 0 amide bonds. The van der Waals surface area contributed by atoms with Crippen molar-refractivity contribution in [3.05, 3.63) is 145 Å². The highest BCUT2D eigenvalue weighted by Gasteiger charge is 2.12. The van der Waals surface area contributed by atoms with Gasteiger partial charge >= 0.3 is 0 Å². The lowest BCUT2D eigenvalue weighted by molar-refractivity contribution is 1.22. The van der Waals surface area contributed by atoms with E-state index < -0.39 is 0 Å². The van der Waals surface area contributed by atoms with Gasteiger partial charge in [0.2, 0.25) is 0 Å². The molecule has 2 nitrogen and oxygen atoms in total. The number of allylic oxidation sites excluding steroid dienone is 1. The largest absolute Gasteiger partial charge is 0.261 e. The van der Waals surface area contributed by atoms with Gasteiger partial charge in [0.1, 0.15) is 5.01 Å². The van der Waals surface area contributed by atoms with E-state index in [1.807, 2.05) is 13.1 Å². The van der Waals surface area contributed by atoms with E-state index in [0.29, 0.717) is 0 Å². The summed E-state index contributed by atoms with van der Waals surface area (Å²) >= 11 is 1.75. The van der Waals surface area contributed by atoms with Gasteiger partial charge in [0, 0.05) is 17.3 Å². The number of hydrogen-bond donors (Lipinski definition) is 0. The van der Waals surface area contributed by atoms with Crippen LogP contribution in [0.4, 0.5) is 0 Å². The lowest BCUT2D eigenvalue weighted by Crippen LogP contribution is -1.88. The number of aryl methyl sites for hydroxylation is 1. The second-order valence-corrected chi connectivity index (χ2v) is 12.3. The number of thiazole rings is 1. The molecule has 7 aromatic rings. The molecule has 0 N–H and O–H groups in total. The van der Waals surface area contributed by atoms with Gasteiger partial charge < -0.3 is 0 Å². The summed E-state index contributed by atoms with van der Waals surface area (Å²) in [6, 6.07) is 46.0. The molecule has 0 radical (unpaired) electrons. The first kappa shape index (κ1) is 28.6. The first-order chi connectivity index (χ1) is 22.1. The molecule has 0 aliphatic heterocycles. The van der Waals surface area contributed by atoms with Crippen molar-refractivity contribution >= 4 is 44.2 Å². The van der Waals surface area contributed by atoms with Gasteiger partial charge in [-0.05, 0) is 94.3 Å². The fourth-order valence-corrected chi connectivity index (χ4v) is 7.09. The number of aliphatic imine (C=N–C) groups is 1. The predicted octanol–water partition coefficient (Wildman–Crippen LogP) is 12.3. The minimum Gasteiger partial charge on any atom is -0.261 e. The lowest BCUT2D eigenvalue weighted by atomic mass is 9.96. The van der Waals surface area contributed by atoms with Crippen molar-refractivity contribution in [3.8, 4) is 44.0 Å². The number of aromatic nitrogens is 1. The smallest absolute Gasteiger partial charge is 0.124 e. The summed E-state index contributed by atoms with van der Waals surface area (Å²) in [5, 5.41) is 3.59. The molecule has 0 aliphatic rings. The van der Waals surface area contributed by atoms with Gasteiger partial charge in [0.05, 0.1) is 15.9 Å². The van der Waals surface area contributed by atoms with Crippen LogP contribution in [-0.4, -0.2) is 11.2 Å². The van der Waals surface area contributed by atoms with E-state index in [0.717, 1.165) is 33.8 Å². The zero-order chi connectivity index (χ0) is 30.8. The molecule has 0 spiro atoms. The third-order valence-electron chi connectivity index (χ3n) is 8.32. The summed E-state index contributed by atoms with van der Waals surface area (Å²) in [5.41, 5.74) is 12.9. The van der Waals surface area contributed by atoms with Crippen molar-refractivity contribution in [2.45, 2.75) is 27.2 Å². The van der Waals surface area contributed by atoms with E-state index in [1.54, 1.807) is 11.3 Å². The number of fused-ring (bicyclic) bond motifs is 2. The lowest BCUT2D eigenvalue weighted by Gasteiger charge is -2.10. The van der Waals surface area contributed by atoms with Crippen molar-refractivity contribution in [1.82, 2.24) is 4.98 Å². The minimum atomic E-state index is 0.951. The van der Waals surface area contributed by atoms with Gasteiger partial charge in [-0.2, -0.15) is 0 Å². The van der Waals surface area contributed by atoms with Crippen LogP contribution >= 0.6 is 11.3 Å². The van der Waals surface area contributed by atoms with Crippen LogP contribution in [0.25, 0.3) is 70.6 Å². The Morgan fingerprint density at radius 3 is 2.27 bits per heavy atom.